The molecule has 2 aliphatic rings. The summed E-state index contributed by atoms with van der Waals surface area (Å²) in [5.41, 5.74) is -0.686. The van der Waals surface area contributed by atoms with Crippen LogP contribution in [0, 0.1) is 11.3 Å². The lowest BCUT2D eigenvalue weighted by molar-refractivity contribution is -0.244. The van der Waals surface area contributed by atoms with Crippen molar-refractivity contribution in [1.29, 1.82) is 5.41 Å². The maximum absolute atomic E-state index is 13.6. The predicted octanol–water partition coefficient (Wildman–Crippen LogP) is 3.21. The van der Waals surface area contributed by atoms with Crippen molar-refractivity contribution in [2.24, 2.45) is 11.7 Å². The molecule has 4 N–H and O–H groups in total. The molecule has 0 saturated carbocycles. The molecule has 0 bridgehead atoms. The lowest BCUT2D eigenvalue weighted by Crippen LogP contribution is -2.54. The third kappa shape index (κ3) is 4.25. The van der Waals surface area contributed by atoms with Crippen LogP contribution in [0.5, 0.6) is 0 Å². The molecule has 0 spiro atoms. The summed E-state index contributed by atoms with van der Waals surface area (Å²) in [7, 11) is 0. The Morgan fingerprint density at radius 1 is 1.23 bits per heavy atom. The van der Waals surface area contributed by atoms with E-state index < -0.39 is 65.0 Å². The summed E-state index contributed by atoms with van der Waals surface area (Å²) in [6, 6.07) is 2.05. The lowest BCUT2D eigenvalue weighted by Gasteiger charge is -2.40. The summed E-state index contributed by atoms with van der Waals surface area (Å²) in [5, 5.41) is 18.6. The summed E-state index contributed by atoms with van der Waals surface area (Å²) >= 11 is 0. The molecule has 3 rings (SSSR count). The number of carbonyl (C=O) groups excluding carboxylic acids is 1. The third-order valence-corrected chi connectivity index (χ3v) is 5.61. The van der Waals surface area contributed by atoms with Crippen molar-refractivity contribution < 1.29 is 36.2 Å². The van der Waals surface area contributed by atoms with E-state index in [1.54, 1.807) is 0 Å². The number of nitrogens with two attached hydrogens (primary N) is 1. The molecule has 31 heavy (non-hydrogen) atoms. The van der Waals surface area contributed by atoms with E-state index in [0.29, 0.717) is 0 Å². The fourth-order valence-electron chi connectivity index (χ4n) is 4.09. The van der Waals surface area contributed by atoms with Crippen LogP contribution in [0.1, 0.15) is 31.2 Å². The summed E-state index contributed by atoms with van der Waals surface area (Å²) in [5.74, 6) is -1.95. The SMILES string of the molecule is N=C(C1=C(N)CC(=O)CC1(O)C(F)(F)F)C1CCN(c2ncccc2C(F)(F)F)CC1. The van der Waals surface area contributed by atoms with E-state index >= 15 is 0 Å². The van der Waals surface area contributed by atoms with Gasteiger partial charge in [-0.2, -0.15) is 26.3 Å². The fraction of sp³-hybridized carbons (Fsp3) is 0.526. The number of carbonyl (C=O) groups is 1. The number of anilines is 1. The maximum atomic E-state index is 13.6. The van der Waals surface area contributed by atoms with Crippen LogP contribution in [0.4, 0.5) is 32.2 Å². The van der Waals surface area contributed by atoms with Gasteiger partial charge in [0.05, 0.1) is 5.56 Å². The van der Waals surface area contributed by atoms with Crippen molar-refractivity contribution in [1.82, 2.24) is 4.98 Å². The van der Waals surface area contributed by atoms with Gasteiger partial charge >= 0.3 is 12.4 Å². The zero-order chi connectivity index (χ0) is 23.2. The molecule has 1 aliphatic carbocycles. The first kappa shape index (κ1) is 23.0. The number of aliphatic hydroxyl groups is 1. The highest BCUT2D eigenvalue weighted by Gasteiger charge is 2.60. The normalized spacial score (nSPS) is 24.0. The van der Waals surface area contributed by atoms with Gasteiger partial charge in [0.25, 0.3) is 0 Å². The van der Waals surface area contributed by atoms with E-state index in [0.717, 1.165) is 12.1 Å². The van der Waals surface area contributed by atoms with Gasteiger partial charge < -0.3 is 21.1 Å². The number of halogens is 6. The fourth-order valence-corrected chi connectivity index (χ4v) is 4.09. The van der Waals surface area contributed by atoms with Crippen LogP contribution in [0.2, 0.25) is 0 Å². The van der Waals surface area contributed by atoms with Gasteiger partial charge in [-0.15, -0.1) is 0 Å². The topological polar surface area (TPSA) is 103 Å². The molecule has 0 aromatic carbocycles. The number of nitrogens with one attached hydrogen (secondary N) is 1. The number of allylic oxidation sites excluding steroid dienone is 1. The second kappa shape index (κ2) is 7.81. The minimum Gasteiger partial charge on any atom is -0.401 e. The summed E-state index contributed by atoms with van der Waals surface area (Å²) in [4.78, 5) is 16.8. The monoisotopic (exact) mass is 450 g/mol. The average molecular weight is 450 g/mol. The molecule has 0 radical (unpaired) electrons. The number of alkyl halides is 6. The van der Waals surface area contributed by atoms with Gasteiger partial charge in [0.2, 0.25) is 0 Å². The van der Waals surface area contributed by atoms with Gasteiger partial charge in [-0.1, -0.05) is 0 Å². The van der Waals surface area contributed by atoms with Crippen LogP contribution >= 0.6 is 0 Å². The first-order valence-corrected chi connectivity index (χ1v) is 9.41. The highest BCUT2D eigenvalue weighted by Crippen LogP contribution is 2.45. The van der Waals surface area contributed by atoms with Crippen LogP contribution in [0.3, 0.4) is 0 Å². The molecular weight excluding hydrogens is 430 g/mol. The van der Waals surface area contributed by atoms with Crippen LogP contribution in [0.15, 0.2) is 29.6 Å². The van der Waals surface area contributed by atoms with Gasteiger partial charge in [0, 0.05) is 55.0 Å². The second-order valence-corrected chi connectivity index (χ2v) is 7.70. The number of piperidine rings is 1. The average Bonchev–Trinajstić information content (AvgIpc) is 2.66. The van der Waals surface area contributed by atoms with Crippen LogP contribution in [0.25, 0.3) is 0 Å². The summed E-state index contributed by atoms with van der Waals surface area (Å²) < 4.78 is 80.5. The summed E-state index contributed by atoms with van der Waals surface area (Å²) in [6.07, 6.45) is -10.2. The number of pyridine rings is 1. The zero-order valence-electron chi connectivity index (χ0n) is 16.1. The number of rotatable bonds is 3. The van der Waals surface area contributed by atoms with Gasteiger partial charge in [-0.3, -0.25) is 4.79 Å². The lowest BCUT2D eigenvalue weighted by atomic mass is 9.73. The Morgan fingerprint density at radius 3 is 2.39 bits per heavy atom. The molecule has 1 aliphatic heterocycles. The molecule has 1 unspecified atom stereocenters. The van der Waals surface area contributed by atoms with Crippen molar-refractivity contribution in [3.05, 3.63) is 35.2 Å². The third-order valence-electron chi connectivity index (χ3n) is 5.61. The number of hydrogen-bond acceptors (Lipinski definition) is 6. The molecule has 1 saturated heterocycles. The molecule has 170 valence electrons. The number of nitrogens with zero attached hydrogens (tertiary/aromatic N) is 2. The quantitative estimate of drug-likeness (QED) is 0.485. The van der Waals surface area contributed by atoms with Crippen molar-refractivity contribution in [2.75, 3.05) is 18.0 Å². The highest BCUT2D eigenvalue weighted by molar-refractivity contribution is 6.05. The molecule has 1 aromatic heterocycles. The van der Waals surface area contributed by atoms with Gasteiger partial charge in [-0.05, 0) is 25.0 Å². The van der Waals surface area contributed by atoms with E-state index in [4.69, 9.17) is 11.1 Å². The predicted molar refractivity (Wildman–Crippen MR) is 98.4 cm³/mol. The second-order valence-electron chi connectivity index (χ2n) is 7.70. The van der Waals surface area contributed by atoms with Crippen LogP contribution in [-0.4, -0.2) is 46.5 Å². The largest absolute Gasteiger partial charge is 0.422 e. The van der Waals surface area contributed by atoms with E-state index in [9.17, 15) is 36.2 Å². The minimum atomic E-state index is -5.22. The minimum absolute atomic E-state index is 0.0176. The first-order valence-electron chi connectivity index (χ1n) is 9.41. The Balaban J connectivity index is 1.82. The van der Waals surface area contributed by atoms with E-state index in [-0.39, 0.29) is 31.7 Å². The Labute approximate surface area is 173 Å². The maximum Gasteiger partial charge on any atom is 0.422 e. The van der Waals surface area contributed by atoms with Crippen LogP contribution < -0.4 is 10.6 Å². The number of hydrogen-bond donors (Lipinski definition) is 3. The highest BCUT2D eigenvalue weighted by atomic mass is 19.4. The van der Waals surface area contributed by atoms with Gasteiger partial charge in [0.1, 0.15) is 11.6 Å². The van der Waals surface area contributed by atoms with E-state index in [1.165, 1.54) is 11.1 Å². The Morgan fingerprint density at radius 2 is 1.84 bits per heavy atom. The summed E-state index contributed by atoms with van der Waals surface area (Å²) in [6.45, 7) is 0.0351. The molecular formula is C19H20F6N4O2. The molecule has 1 aromatic rings. The van der Waals surface area contributed by atoms with E-state index in [1.807, 2.05) is 0 Å². The zero-order valence-corrected chi connectivity index (χ0v) is 16.1. The Bertz CT molecular complexity index is 919. The van der Waals surface area contributed by atoms with Crippen LogP contribution in [-0.2, 0) is 11.0 Å². The molecule has 12 heteroatoms. The number of aromatic nitrogens is 1. The molecule has 2 heterocycles. The van der Waals surface area contributed by atoms with Gasteiger partial charge in [-0.25, -0.2) is 4.98 Å². The van der Waals surface area contributed by atoms with Gasteiger partial charge in [0.15, 0.2) is 5.60 Å². The Hall–Kier alpha value is -2.63. The molecule has 0 amide bonds. The molecule has 1 atom stereocenters. The first-order chi connectivity index (χ1) is 14.3. The smallest absolute Gasteiger partial charge is 0.401 e. The van der Waals surface area contributed by atoms with Crippen molar-refractivity contribution in [2.45, 2.75) is 43.6 Å². The molecule has 6 nitrogen and oxygen atoms in total. The molecule has 1 fully saturated rings. The van der Waals surface area contributed by atoms with Crippen molar-refractivity contribution in [3.63, 3.8) is 0 Å². The number of ketones is 1. The van der Waals surface area contributed by atoms with Crippen molar-refractivity contribution in [3.8, 4) is 0 Å². The Kier molecular flexibility index (Phi) is 5.80. The number of Topliss-reactive ketones (excluding diaryl/α,β-unsaturated/α-hetero) is 1. The van der Waals surface area contributed by atoms with E-state index in [2.05, 4.69) is 4.98 Å². The van der Waals surface area contributed by atoms with Crippen molar-refractivity contribution >= 4 is 17.3 Å². The standard InChI is InChI=1S/C19H20F6N4O2/c20-18(21,22)12-2-1-5-28-16(12)29-6-3-10(4-7-29)15(27)14-13(26)8-11(30)9-17(14,31)19(23,24)25/h1-2,5,10,27,31H,3-4,6-9,26H2.